The lowest BCUT2D eigenvalue weighted by molar-refractivity contribution is 0.187. The Hall–Kier alpha value is -1.30. The summed E-state index contributed by atoms with van der Waals surface area (Å²) in [6.45, 7) is 2.35. The van der Waals surface area contributed by atoms with Crippen LogP contribution in [0.15, 0.2) is 11.8 Å². The number of allylic oxidation sites excluding steroid dienone is 2. The highest BCUT2D eigenvalue weighted by Gasteiger charge is 2.29. The summed E-state index contributed by atoms with van der Waals surface area (Å²) in [7, 11) is 0. The molecule has 140 valence electrons. The lowest BCUT2D eigenvalue weighted by Gasteiger charge is -2.37. The zero-order chi connectivity index (χ0) is 17.5. The lowest BCUT2D eigenvalue weighted by atomic mass is 9.85. The largest absolute Gasteiger partial charge is 0.363 e. The zero-order valence-electron chi connectivity index (χ0n) is 15.2. The average molecular weight is 365 g/mol. The molecule has 1 atom stereocenters. The van der Waals surface area contributed by atoms with Crippen molar-refractivity contribution >= 4 is 23.4 Å². The van der Waals surface area contributed by atoms with Gasteiger partial charge in [-0.2, -0.15) is 0 Å². The summed E-state index contributed by atoms with van der Waals surface area (Å²) in [5, 5.41) is 10.5. The van der Waals surface area contributed by atoms with Gasteiger partial charge in [-0.15, -0.1) is 0 Å². The number of urea groups is 1. The van der Waals surface area contributed by atoms with Gasteiger partial charge in [0.25, 0.3) is 0 Å². The van der Waals surface area contributed by atoms with Crippen molar-refractivity contribution < 1.29 is 4.79 Å². The fourth-order valence-electron chi connectivity index (χ4n) is 4.28. The number of fused-ring (bicyclic) bond motifs is 1. The van der Waals surface area contributed by atoms with E-state index >= 15 is 0 Å². The Morgan fingerprint density at radius 2 is 1.84 bits per heavy atom. The monoisotopic (exact) mass is 364 g/mol. The van der Waals surface area contributed by atoms with Crippen LogP contribution >= 0.6 is 12.2 Å². The minimum absolute atomic E-state index is 0.0736. The van der Waals surface area contributed by atoms with Crippen LogP contribution in [0, 0.1) is 5.92 Å². The maximum Gasteiger partial charge on any atom is 0.321 e. The Morgan fingerprint density at radius 1 is 1.08 bits per heavy atom. The van der Waals surface area contributed by atoms with Crippen LogP contribution in [0.3, 0.4) is 0 Å². The minimum atomic E-state index is 0.0736. The fourth-order valence-corrected chi connectivity index (χ4v) is 4.55. The topological polar surface area (TPSA) is 56.4 Å². The summed E-state index contributed by atoms with van der Waals surface area (Å²) in [5.41, 5.74) is 1.27. The standard InChI is InChI=1S/C19H32N4OS/c24-19(23-14-5-8-15-7-1-4-11-17(15)23)21-13-6-12-20-18(25)22-16-9-2-3-10-16/h11,15-16H,1-10,12-14H2,(H,21,24)(H2,20,22,25). The highest BCUT2D eigenvalue weighted by molar-refractivity contribution is 7.80. The van der Waals surface area contributed by atoms with Crippen molar-refractivity contribution in [2.75, 3.05) is 19.6 Å². The number of nitrogens with one attached hydrogen (secondary N) is 3. The van der Waals surface area contributed by atoms with Crippen molar-refractivity contribution in [3.05, 3.63) is 11.8 Å². The van der Waals surface area contributed by atoms with E-state index in [0.29, 0.717) is 18.5 Å². The number of amides is 2. The molecule has 0 aromatic carbocycles. The van der Waals surface area contributed by atoms with Crippen LogP contribution in [-0.2, 0) is 0 Å². The van der Waals surface area contributed by atoms with E-state index in [4.69, 9.17) is 12.2 Å². The highest BCUT2D eigenvalue weighted by Crippen LogP contribution is 2.34. The van der Waals surface area contributed by atoms with Crippen LogP contribution in [0.1, 0.15) is 64.2 Å². The summed E-state index contributed by atoms with van der Waals surface area (Å²) in [4.78, 5) is 14.5. The third kappa shape index (κ3) is 5.33. The van der Waals surface area contributed by atoms with Crippen LogP contribution in [0.25, 0.3) is 0 Å². The van der Waals surface area contributed by atoms with E-state index < -0.39 is 0 Å². The van der Waals surface area contributed by atoms with Crippen LogP contribution in [0.5, 0.6) is 0 Å². The van der Waals surface area contributed by atoms with Gasteiger partial charge in [-0.05, 0) is 69.5 Å². The summed E-state index contributed by atoms with van der Waals surface area (Å²) >= 11 is 5.33. The van der Waals surface area contributed by atoms with E-state index in [2.05, 4.69) is 22.0 Å². The molecule has 1 unspecified atom stereocenters. The third-order valence-electron chi connectivity index (χ3n) is 5.63. The molecule has 2 fully saturated rings. The second kappa shape index (κ2) is 9.41. The predicted molar refractivity (Wildman–Crippen MR) is 105 cm³/mol. The highest BCUT2D eigenvalue weighted by atomic mass is 32.1. The number of piperidine rings is 1. The Balaban J connectivity index is 1.31. The Morgan fingerprint density at radius 3 is 2.68 bits per heavy atom. The Labute approximate surface area is 157 Å². The van der Waals surface area contributed by atoms with Crippen LogP contribution in [0.2, 0.25) is 0 Å². The molecule has 5 nitrogen and oxygen atoms in total. The van der Waals surface area contributed by atoms with Gasteiger partial charge in [-0.1, -0.05) is 18.9 Å². The lowest BCUT2D eigenvalue weighted by Crippen LogP contribution is -2.45. The quantitative estimate of drug-likeness (QED) is 0.518. The molecule has 25 heavy (non-hydrogen) atoms. The number of nitrogens with zero attached hydrogens (tertiary/aromatic N) is 1. The summed E-state index contributed by atoms with van der Waals surface area (Å²) < 4.78 is 0. The van der Waals surface area contributed by atoms with Crippen molar-refractivity contribution in [2.24, 2.45) is 5.92 Å². The molecule has 0 bridgehead atoms. The average Bonchev–Trinajstić information content (AvgIpc) is 3.13. The number of likely N-dealkylation sites (tertiary alicyclic amines) is 1. The molecule has 6 heteroatoms. The number of carbonyl (C=O) groups is 1. The van der Waals surface area contributed by atoms with E-state index in [1.54, 1.807) is 0 Å². The summed E-state index contributed by atoms with van der Waals surface area (Å²) in [6, 6.07) is 0.625. The van der Waals surface area contributed by atoms with Crippen molar-refractivity contribution in [3.8, 4) is 0 Å². The van der Waals surface area contributed by atoms with Crippen molar-refractivity contribution in [1.29, 1.82) is 0 Å². The molecule has 1 heterocycles. The van der Waals surface area contributed by atoms with E-state index in [1.165, 1.54) is 50.6 Å². The van der Waals surface area contributed by atoms with Gasteiger partial charge in [0, 0.05) is 31.4 Å². The second-order valence-electron chi connectivity index (χ2n) is 7.52. The first-order chi connectivity index (χ1) is 12.2. The van der Waals surface area contributed by atoms with E-state index in [0.717, 1.165) is 37.5 Å². The molecular formula is C19H32N4OS. The molecule has 0 aromatic rings. The maximum atomic E-state index is 12.5. The molecule has 3 N–H and O–H groups in total. The zero-order valence-corrected chi connectivity index (χ0v) is 16.0. The number of rotatable bonds is 5. The molecule has 2 amide bonds. The van der Waals surface area contributed by atoms with E-state index in [9.17, 15) is 4.79 Å². The van der Waals surface area contributed by atoms with Gasteiger partial charge in [-0.3, -0.25) is 4.90 Å². The molecule has 3 aliphatic rings. The second-order valence-corrected chi connectivity index (χ2v) is 7.93. The predicted octanol–water partition coefficient (Wildman–Crippen LogP) is 3.27. The van der Waals surface area contributed by atoms with Crippen molar-refractivity contribution in [1.82, 2.24) is 20.9 Å². The Kier molecular flexibility index (Phi) is 6.96. The smallest absolute Gasteiger partial charge is 0.321 e. The number of hydrogen-bond acceptors (Lipinski definition) is 2. The molecule has 0 aromatic heterocycles. The number of thiocarbonyl (C=S) groups is 1. The third-order valence-corrected chi connectivity index (χ3v) is 5.89. The molecule has 3 rings (SSSR count). The maximum absolute atomic E-state index is 12.5. The van der Waals surface area contributed by atoms with Crippen LogP contribution in [0.4, 0.5) is 4.79 Å². The van der Waals surface area contributed by atoms with Gasteiger partial charge in [0.2, 0.25) is 0 Å². The molecule has 0 radical (unpaired) electrons. The molecule has 1 aliphatic heterocycles. The van der Waals surface area contributed by atoms with Crippen LogP contribution < -0.4 is 16.0 Å². The normalized spacial score (nSPS) is 23.6. The van der Waals surface area contributed by atoms with Gasteiger partial charge in [0.05, 0.1) is 0 Å². The molecular weight excluding hydrogens is 332 g/mol. The first-order valence-electron chi connectivity index (χ1n) is 10.0. The van der Waals surface area contributed by atoms with E-state index in [1.807, 2.05) is 4.90 Å². The molecule has 2 aliphatic carbocycles. The first kappa shape index (κ1) is 18.5. The van der Waals surface area contributed by atoms with Gasteiger partial charge < -0.3 is 16.0 Å². The van der Waals surface area contributed by atoms with Crippen molar-refractivity contribution in [2.45, 2.75) is 70.3 Å². The molecule has 0 spiro atoms. The minimum Gasteiger partial charge on any atom is -0.363 e. The van der Waals surface area contributed by atoms with Gasteiger partial charge in [0.1, 0.15) is 0 Å². The van der Waals surface area contributed by atoms with Gasteiger partial charge >= 0.3 is 6.03 Å². The van der Waals surface area contributed by atoms with Gasteiger partial charge in [-0.25, -0.2) is 4.79 Å². The molecule has 1 saturated carbocycles. The van der Waals surface area contributed by atoms with Gasteiger partial charge in [0.15, 0.2) is 5.11 Å². The fraction of sp³-hybridized carbons (Fsp3) is 0.789. The molecule has 1 saturated heterocycles. The summed E-state index contributed by atoms with van der Waals surface area (Å²) in [5.74, 6) is 0.606. The van der Waals surface area contributed by atoms with Crippen LogP contribution in [-0.4, -0.2) is 41.7 Å². The number of hydrogen-bond donors (Lipinski definition) is 3. The first-order valence-corrected chi connectivity index (χ1v) is 10.4. The Bertz CT molecular complexity index is 502. The summed E-state index contributed by atoms with van der Waals surface area (Å²) in [6.07, 6.45) is 14.2. The van der Waals surface area contributed by atoms with E-state index in [-0.39, 0.29) is 6.03 Å². The number of carbonyl (C=O) groups excluding carboxylic acids is 1. The SMILES string of the molecule is O=C(NCCCNC(=S)NC1CCCC1)N1CCCC2CCCC=C21. The van der Waals surface area contributed by atoms with Crippen molar-refractivity contribution in [3.63, 3.8) is 0 Å².